The van der Waals surface area contributed by atoms with Gasteiger partial charge in [0.2, 0.25) is 5.91 Å². The van der Waals surface area contributed by atoms with Crippen molar-refractivity contribution in [2.75, 3.05) is 20.3 Å². The summed E-state index contributed by atoms with van der Waals surface area (Å²) in [6.45, 7) is 3.00. The van der Waals surface area contributed by atoms with E-state index in [-0.39, 0.29) is 18.6 Å². The van der Waals surface area contributed by atoms with Crippen molar-refractivity contribution in [2.45, 2.75) is 31.8 Å². The van der Waals surface area contributed by atoms with Crippen LogP contribution in [0.4, 0.5) is 0 Å². The molecule has 1 saturated carbocycles. The van der Waals surface area contributed by atoms with Crippen LogP contribution in [0.25, 0.3) is 0 Å². The van der Waals surface area contributed by atoms with E-state index in [9.17, 15) is 4.79 Å². The highest BCUT2D eigenvalue weighted by atomic mass is 16.5. The molecule has 1 aromatic rings. The number of carbonyl (C=O) groups excluding carboxylic acids is 1. The summed E-state index contributed by atoms with van der Waals surface area (Å²) in [5, 5.41) is 2.93. The summed E-state index contributed by atoms with van der Waals surface area (Å²) in [7, 11) is 1.54. The molecule has 1 unspecified atom stereocenters. The Hall–Kier alpha value is -1.55. The summed E-state index contributed by atoms with van der Waals surface area (Å²) in [6, 6.07) is 6.34. The minimum Gasteiger partial charge on any atom is -0.490 e. The lowest BCUT2D eigenvalue weighted by molar-refractivity contribution is -0.124. The minimum absolute atomic E-state index is 0.0339. The second-order valence-corrected chi connectivity index (χ2v) is 5.80. The summed E-state index contributed by atoms with van der Waals surface area (Å²) >= 11 is 0. The van der Waals surface area contributed by atoms with Gasteiger partial charge in [-0.1, -0.05) is 12.1 Å². The molecule has 0 radical (unpaired) electrons. The molecule has 0 saturated heterocycles. The maximum absolute atomic E-state index is 11.4. The Labute approximate surface area is 119 Å². The highest BCUT2D eigenvalue weighted by molar-refractivity contribution is 5.77. The molecule has 1 aliphatic heterocycles. The fourth-order valence-electron chi connectivity index (χ4n) is 3.09. The van der Waals surface area contributed by atoms with E-state index in [0.717, 1.165) is 25.1 Å². The molecule has 1 aliphatic carbocycles. The molecular weight excluding hydrogens is 254 g/mol. The van der Waals surface area contributed by atoms with Gasteiger partial charge in [-0.25, -0.2) is 0 Å². The van der Waals surface area contributed by atoms with E-state index in [4.69, 9.17) is 9.47 Å². The summed E-state index contributed by atoms with van der Waals surface area (Å²) in [6.07, 6.45) is 2.44. The van der Waals surface area contributed by atoms with Gasteiger partial charge in [-0.2, -0.15) is 0 Å². The molecule has 0 bridgehead atoms. The first-order valence-electron chi connectivity index (χ1n) is 7.23. The number of nitrogens with one attached hydrogen (secondary N) is 1. The number of carbonyl (C=O) groups is 1. The highest BCUT2D eigenvalue weighted by Gasteiger charge is 2.40. The van der Waals surface area contributed by atoms with Gasteiger partial charge in [0.25, 0.3) is 0 Å². The SMILES string of the molecule is COCC(=O)NC[C@@H]1C[C@H]1c1cccc2c1CC(C)O2. The van der Waals surface area contributed by atoms with Crippen LogP contribution in [-0.2, 0) is 16.0 Å². The van der Waals surface area contributed by atoms with Crippen molar-refractivity contribution in [3.8, 4) is 5.75 Å². The molecule has 4 heteroatoms. The normalized spacial score (nSPS) is 26.8. The van der Waals surface area contributed by atoms with Crippen LogP contribution in [0.1, 0.15) is 30.4 Å². The molecule has 3 atom stereocenters. The minimum atomic E-state index is -0.0339. The molecular formula is C16H21NO3. The van der Waals surface area contributed by atoms with Gasteiger partial charge in [-0.15, -0.1) is 0 Å². The van der Waals surface area contributed by atoms with E-state index >= 15 is 0 Å². The molecule has 1 N–H and O–H groups in total. The van der Waals surface area contributed by atoms with Crippen molar-refractivity contribution in [2.24, 2.45) is 5.92 Å². The zero-order chi connectivity index (χ0) is 14.1. The van der Waals surface area contributed by atoms with E-state index in [1.54, 1.807) is 0 Å². The molecule has 20 heavy (non-hydrogen) atoms. The van der Waals surface area contributed by atoms with Gasteiger partial charge >= 0.3 is 0 Å². The molecule has 0 aromatic heterocycles. The number of benzene rings is 1. The number of hydrogen-bond acceptors (Lipinski definition) is 3. The van der Waals surface area contributed by atoms with Crippen LogP contribution < -0.4 is 10.1 Å². The average Bonchev–Trinajstić information content (AvgIpc) is 3.08. The van der Waals surface area contributed by atoms with Gasteiger partial charge in [0.05, 0.1) is 0 Å². The number of ether oxygens (including phenoxy) is 2. The smallest absolute Gasteiger partial charge is 0.245 e. The highest BCUT2D eigenvalue weighted by Crippen LogP contribution is 2.50. The lowest BCUT2D eigenvalue weighted by Gasteiger charge is -2.07. The van der Waals surface area contributed by atoms with Gasteiger partial charge in [-0.3, -0.25) is 4.79 Å². The van der Waals surface area contributed by atoms with Crippen LogP contribution in [0.5, 0.6) is 5.75 Å². The Morgan fingerprint density at radius 2 is 2.35 bits per heavy atom. The first kappa shape index (κ1) is 13.4. The van der Waals surface area contributed by atoms with Crippen LogP contribution in [-0.4, -0.2) is 32.3 Å². The standard InChI is InChI=1S/C16H21NO3/c1-10-6-14-12(4-3-5-15(14)20-10)13-7-11(13)8-17-16(18)9-19-2/h3-5,10-11,13H,6-9H2,1-2H3,(H,17,18)/t10?,11-,13+/m0/s1. The average molecular weight is 275 g/mol. The summed E-state index contributed by atoms with van der Waals surface area (Å²) in [5.74, 6) is 2.14. The third-order valence-corrected chi connectivity index (χ3v) is 4.15. The number of amides is 1. The van der Waals surface area contributed by atoms with Crippen molar-refractivity contribution in [3.05, 3.63) is 29.3 Å². The largest absolute Gasteiger partial charge is 0.490 e. The second-order valence-electron chi connectivity index (χ2n) is 5.80. The lowest BCUT2D eigenvalue weighted by atomic mass is 9.98. The fourth-order valence-corrected chi connectivity index (χ4v) is 3.09. The van der Waals surface area contributed by atoms with E-state index in [0.29, 0.717) is 11.8 Å². The Bertz CT molecular complexity index is 514. The Morgan fingerprint density at radius 3 is 3.15 bits per heavy atom. The van der Waals surface area contributed by atoms with Crippen molar-refractivity contribution < 1.29 is 14.3 Å². The monoisotopic (exact) mass is 275 g/mol. The van der Waals surface area contributed by atoms with Gasteiger partial charge < -0.3 is 14.8 Å². The van der Waals surface area contributed by atoms with Gasteiger partial charge in [-0.05, 0) is 36.8 Å². The Morgan fingerprint density at radius 1 is 1.50 bits per heavy atom. The van der Waals surface area contributed by atoms with Crippen LogP contribution in [0.2, 0.25) is 0 Å². The molecule has 1 aromatic carbocycles. The third kappa shape index (κ3) is 2.66. The Balaban J connectivity index is 1.60. The molecule has 1 amide bonds. The first-order valence-corrected chi connectivity index (χ1v) is 7.23. The molecule has 1 heterocycles. The fraction of sp³-hybridized carbons (Fsp3) is 0.562. The predicted molar refractivity (Wildman–Crippen MR) is 76.0 cm³/mol. The second kappa shape index (κ2) is 5.44. The summed E-state index contributed by atoms with van der Waals surface area (Å²) in [4.78, 5) is 11.4. The zero-order valence-corrected chi connectivity index (χ0v) is 12.0. The van der Waals surface area contributed by atoms with Crippen LogP contribution in [0.3, 0.4) is 0 Å². The molecule has 4 nitrogen and oxygen atoms in total. The summed E-state index contributed by atoms with van der Waals surface area (Å²) < 4.78 is 10.6. The first-order chi connectivity index (χ1) is 9.69. The molecule has 108 valence electrons. The topological polar surface area (TPSA) is 47.6 Å². The van der Waals surface area contributed by atoms with Crippen molar-refractivity contribution in [3.63, 3.8) is 0 Å². The molecule has 3 rings (SSSR count). The summed E-state index contributed by atoms with van der Waals surface area (Å²) in [5.41, 5.74) is 2.79. The van der Waals surface area contributed by atoms with E-state index < -0.39 is 0 Å². The Kier molecular flexibility index (Phi) is 3.66. The van der Waals surface area contributed by atoms with Gasteiger partial charge in [0.15, 0.2) is 0 Å². The molecule has 1 fully saturated rings. The van der Waals surface area contributed by atoms with Crippen LogP contribution in [0, 0.1) is 5.92 Å². The van der Waals surface area contributed by atoms with E-state index in [1.807, 2.05) is 0 Å². The number of fused-ring (bicyclic) bond motifs is 1. The third-order valence-electron chi connectivity index (χ3n) is 4.15. The van der Waals surface area contributed by atoms with Crippen LogP contribution >= 0.6 is 0 Å². The number of methoxy groups -OCH3 is 1. The van der Waals surface area contributed by atoms with Crippen molar-refractivity contribution >= 4 is 5.91 Å². The van der Waals surface area contributed by atoms with Crippen molar-refractivity contribution in [1.29, 1.82) is 0 Å². The molecule has 2 aliphatic rings. The van der Waals surface area contributed by atoms with Crippen molar-refractivity contribution in [1.82, 2.24) is 5.32 Å². The quantitative estimate of drug-likeness (QED) is 0.892. The zero-order valence-electron chi connectivity index (χ0n) is 12.0. The van der Waals surface area contributed by atoms with Gasteiger partial charge in [0, 0.05) is 25.6 Å². The van der Waals surface area contributed by atoms with Crippen LogP contribution in [0.15, 0.2) is 18.2 Å². The van der Waals surface area contributed by atoms with E-state index in [2.05, 4.69) is 30.4 Å². The lowest BCUT2D eigenvalue weighted by Crippen LogP contribution is -2.29. The van der Waals surface area contributed by atoms with Gasteiger partial charge in [0.1, 0.15) is 18.5 Å². The maximum atomic E-state index is 11.4. The predicted octanol–water partition coefficient (Wildman–Crippen LogP) is 1.88. The number of hydrogen-bond donors (Lipinski definition) is 1. The number of rotatable bonds is 5. The molecule has 0 spiro atoms. The van der Waals surface area contributed by atoms with E-state index in [1.165, 1.54) is 18.2 Å². The maximum Gasteiger partial charge on any atom is 0.245 e.